The molecule has 4 aromatic rings. The van der Waals surface area contributed by atoms with Gasteiger partial charge in [0.1, 0.15) is 5.82 Å². The molecule has 0 amide bonds. The minimum atomic E-state index is 1.03. The number of nitrogens with zero attached hydrogens (tertiary/aromatic N) is 5. The van der Waals surface area contributed by atoms with Crippen LogP contribution in [0.3, 0.4) is 0 Å². The van der Waals surface area contributed by atoms with Crippen LogP contribution in [0.1, 0.15) is 38.5 Å². The van der Waals surface area contributed by atoms with Crippen molar-refractivity contribution in [2.45, 2.75) is 38.5 Å². The number of fused-ring (bicyclic) bond motifs is 3. The molecule has 2 aromatic carbocycles. The molecule has 0 saturated carbocycles. The third-order valence-electron chi connectivity index (χ3n) is 8.18. The molecule has 3 fully saturated rings. The zero-order valence-electron chi connectivity index (χ0n) is 20.4. The van der Waals surface area contributed by atoms with Gasteiger partial charge in [0.25, 0.3) is 0 Å². The molecular formula is C30H33N5. The average Bonchev–Trinajstić information content (AvgIpc) is 3.71. The second-order valence-corrected chi connectivity index (χ2v) is 10.3. The van der Waals surface area contributed by atoms with Crippen molar-refractivity contribution in [2.75, 3.05) is 54.0 Å². The van der Waals surface area contributed by atoms with Crippen molar-refractivity contribution in [2.24, 2.45) is 0 Å². The lowest BCUT2D eigenvalue weighted by Crippen LogP contribution is -2.19. The maximum Gasteiger partial charge on any atom is 0.129 e. The van der Waals surface area contributed by atoms with E-state index in [-0.39, 0.29) is 0 Å². The molecule has 0 N–H and O–H groups in total. The zero-order chi connectivity index (χ0) is 23.2. The Labute approximate surface area is 207 Å². The predicted molar refractivity (Wildman–Crippen MR) is 147 cm³/mol. The molecule has 35 heavy (non-hydrogen) atoms. The van der Waals surface area contributed by atoms with Gasteiger partial charge in [0.05, 0.1) is 11.0 Å². The summed E-state index contributed by atoms with van der Waals surface area (Å²) in [5.41, 5.74) is 7.23. The summed E-state index contributed by atoms with van der Waals surface area (Å²) >= 11 is 0. The fourth-order valence-electron chi connectivity index (χ4n) is 6.28. The van der Waals surface area contributed by atoms with Crippen molar-refractivity contribution in [3.05, 3.63) is 54.7 Å². The van der Waals surface area contributed by atoms with Crippen LogP contribution in [0.4, 0.5) is 17.2 Å². The fourth-order valence-corrected chi connectivity index (χ4v) is 6.28. The van der Waals surface area contributed by atoms with Crippen molar-refractivity contribution >= 4 is 39.0 Å². The molecule has 0 radical (unpaired) electrons. The van der Waals surface area contributed by atoms with Gasteiger partial charge in [-0.1, -0.05) is 18.2 Å². The molecule has 3 aliphatic rings. The number of anilines is 3. The molecule has 5 heterocycles. The van der Waals surface area contributed by atoms with Crippen molar-refractivity contribution in [1.29, 1.82) is 0 Å². The number of aromatic nitrogens is 2. The Kier molecular flexibility index (Phi) is 5.22. The van der Waals surface area contributed by atoms with Gasteiger partial charge in [-0.05, 0) is 80.0 Å². The largest absolute Gasteiger partial charge is 0.372 e. The quantitative estimate of drug-likeness (QED) is 0.334. The summed E-state index contributed by atoms with van der Waals surface area (Å²) in [6.45, 7) is 6.79. The topological polar surface area (TPSA) is 35.5 Å². The molecule has 0 aliphatic carbocycles. The van der Waals surface area contributed by atoms with E-state index in [1.54, 1.807) is 0 Å². The van der Waals surface area contributed by atoms with E-state index < -0.39 is 0 Å². The van der Waals surface area contributed by atoms with E-state index in [2.05, 4.69) is 63.2 Å². The summed E-state index contributed by atoms with van der Waals surface area (Å²) in [5.74, 6) is 1.09. The van der Waals surface area contributed by atoms with Gasteiger partial charge in [0.2, 0.25) is 0 Å². The Balaban J connectivity index is 1.40. The molecule has 0 bridgehead atoms. The van der Waals surface area contributed by atoms with E-state index in [0.717, 1.165) is 43.0 Å². The fraction of sp³-hybridized carbons (Fsp3) is 0.400. The lowest BCUT2D eigenvalue weighted by atomic mass is 9.98. The smallest absolute Gasteiger partial charge is 0.129 e. The van der Waals surface area contributed by atoms with Crippen LogP contribution in [-0.4, -0.2) is 49.2 Å². The van der Waals surface area contributed by atoms with Crippen LogP contribution in [0.15, 0.2) is 54.7 Å². The molecule has 5 nitrogen and oxygen atoms in total. The highest BCUT2D eigenvalue weighted by atomic mass is 15.2. The summed E-state index contributed by atoms with van der Waals surface area (Å²) in [5, 5.41) is 2.42. The van der Waals surface area contributed by atoms with Crippen molar-refractivity contribution in [3.8, 4) is 11.1 Å². The summed E-state index contributed by atoms with van der Waals surface area (Å²) < 4.78 is 0. The van der Waals surface area contributed by atoms with Gasteiger partial charge in [-0.15, -0.1) is 0 Å². The SMILES string of the molecule is c1cc(N2CCCC2)c2ccc3c(-c4ccc(N5CCCC5)cc4)cc(N4CCCC4)nc3c2n1. The number of hydrogen-bond acceptors (Lipinski definition) is 5. The molecule has 5 heteroatoms. The van der Waals surface area contributed by atoms with Crippen LogP contribution in [-0.2, 0) is 0 Å². The Bertz CT molecular complexity index is 1360. The Morgan fingerprint density at radius 3 is 1.91 bits per heavy atom. The van der Waals surface area contributed by atoms with Gasteiger partial charge in [-0.25, -0.2) is 4.98 Å². The van der Waals surface area contributed by atoms with Crippen LogP contribution in [0.2, 0.25) is 0 Å². The lowest BCUT2D eigenvalue weighted by molar-refractivity contribution is 0.944. The van der Waals surface area contributed by atoms with Crippen molar-refractivity contribution in [3.63, 3.8) is 0 Å². The highest BCUT2D eigenvalue weighted by molar-refractivity contribution is 6.12. The number of benzene rings is 2. The minimum absolute atomic E-state index is 1.03. The summed E-state index contributed by atoms with van der Waals surface area (Å²) in [4.78, 5) is 17.6. The van der Waals surface area contributed by atoms with Crippen LogP contribution in [0, 0.1) is 0 Å². The minimum Gasteiger partial charge on any atom is -0.372 e. The first-order valence-corrected chi connectivity index (χ1v) is 13.4. The highest BCUT2D eigenvalue weighted by Crippen LogP contribution is 2.38. The van der Waals surface area contributed by atoms with E-state index in [0.29, 0.717) is 0 Å². The van der Waals surface area contributed by atoms with Gasteiger partial charge < -0.3 is 14.7 Å². The molecule has 2 aromatic heterocycles. The third kappa shape index (κ3) is 3.69. The first kappa shape index (κ1) is 21.0. The molecule has 0 spiro atoms. The van der Waals surface area contributed by atoms with Crippen molar-refractivity contribution < 1.29 is 0 Å². The van der Waals surface area contributed by atoms with E-state index in [4.69, 9.17) is 9.97 Å². The first-order valence-electron chi connectivity index (χ1n) is 13.4. The van der Waals surface area contributed by atoms with Gasteiger partial charge in [-0.3, -0.25) is 4.98 Å². The lowest BCUT2D eigenvalue weighted by Gasteiger charge is -2.22. The predicted octanol–water partition coefficient (Wildman–Crippen LogP) is 6.25. The standard InChI is InChI=1S/C30H33N5/c1-2-16-33(15-1)23-9-7-22(8-10-23)26-21-28(35-19-5-6-20-35)32-30-24(26)11-12-25-27(13-14-31-29(25)30)34-17-3-4-18-34/h7-14,21H,1-6,15-20H2. The maximum absolute atomic E-state index is 5.26. The number of rotatable bonds is 4. The van der Waals surface area contributed by atoms with E-state index in [1.807, 2.05) is 6.20 Å². The van der Waals surface area contributed by atoms with Crippen LogP contribution in [0.5, 0.6) is 0 Å². The maximum atomic E-state index is 5.26. The third-order valence-corrected chi connectivity index (χ3v) is 8.18. The molecule has 178 valence electrons. The Hall–Kier alpha value is -3.34. The Morgan fingerprint density at radius 1 is 0.571 bits per heavy atom. The summed E-state index contributed by atoms with van der Waals surface area (Å²) in [6, 6.07) is 18.3. The monoisotopic (exact) mass is 463 g/mol. The summed E-state index contributed by atoms with van der Waals surface area (Å²) in [6.07, 6.45) is 9.60. The van der Waals surface area contributed by atoms with E-state index >= 15 is 0 Å². The van der Waals surface area contributed by atoms with Gasteiger partial charge in [0, 0.05) is 67.6 Å². The molecule has 0 unspecified atom stereocenters. The second-order valence-electron chi connectivity index (χ2n) is 10.3. The molecule has 3 aliphatic heterocycles. The first-order chi connectivity index (χ1) is 17.3. The van der Waals surface area contributed by atoms with Gasteiger partial charge >= 0.3 is 0 Å². The molecular weight excluding hydrogens is 430 g/mol. The second kappa shape index (κ2) is 8.71. The van der Waals surface area contributed by atoms with Crippen LogP contribution >= 0.6 is 0 Å². The van der Waals surface area contributed by atoms with Crippen molar-refractivity contribution in [1.82, 2.24) is 9.97 Å². The highest BCUT2D eigenvalue weighted by Gasteiger charge is 2.21. The zero-order valence-corrected chi connectivity index (χ0v) is 20.4. The molecule has 3 saturated heterocycles. The van der Waals surface area contributed by atoms with Gasteiger partial charge in [-0.2, -0.15) is 0 Å². The average molecular weight is 464 g/mol. The number of hydrogen-bond donors (Lipinski definition) is 0. The van der Waals surface area contributed by atoms with Crippen LogP contribution in [0.25, 0.3) is 32.9 Å². The number of pyridine rings is 2. The normalized spacial score (nSPS) is 18.5. The van der Waals surface area contributed by atoms with E-state index in [9.17, 15) is 0 Å². The van der Waals surface area contributed by atoms with Gasteiger partial charge in [0.15, 0.2) is 0 Å². The van der Waals surface area contributed by atoms with Crippen LogP contribution < -0.4 is 14.7 Å². The molecule has 0 atom stereocenters. The summed E-state index contributed by atoms with van der Waals surface area (Å²) in [7, 11) is 0. The molecule has 7 rings (SSSR count). The Morgan fingerprint density at radius 2 is 1.20 bits per heavy atom. The van der Waals surface area contributed by atoms with E-state index in [1.165, 1.54) is 84.9 Å².